The summed E-state index contributed by atoms with van der Waals surface area (Å²) in [6, 6.07) is 6.85. The van der Waals surface area contributed by atoms with E-state index in [4.69, 9.17) is 14.2 Å². The van der Waals surface area contributed by atoms with Gasteiger partial charge >= 0.3 is 0 Å². The lowest BCUT2D eigenvalue weighted by Crippen LogP contribution is -2.23. The third kappa shape index (κ3) is 3.72. The molecule has 0 atom stereocenters. The summed E-state index contributed by atoms with van der Waals surface area (Å²) in [6.45, 7) is -0.0979. The van der Waals surface area contributed by atoms with Crippen LogP contribution >= 0.6 is 0 Å². The van der Waals surface area contributed by atoms with Crippen LogP contribution in [0.4, 0.5) is 5.69 Å². The molecular weight excluding hydrogens is 382 g/mol. The first-order chi connectivity index (χ1) is 13.9. The molecule has 3 N–H and O–H groups in total. The van der Waals surface area contributed by atoms with E-state index in [2.05, 4.69) is 10.3 Å². The monoisotopic (exact) mass is 401 g/mol. The van der Waals surface area contributed by atoms with Gasteiger partial charge in [-0.25, -0.2) is 0 Å². The molecule has 0 radical (unpaired) electrons. The number of nitro groups is 1. The van der Waals surface area contributed by atoms with Gasteiger partial charge in [0.15, 0.2) is 11.5 Å². The van der Waals surface area contributed by atoms with Crippen LogP contribution in [0.25, 0.3) is 10.9 Å². The standard InChI is InChI=1S/C19H19N3O7/c1-27-15-8-16(28-2)18(29-3)17-12(15)7-13(21-17)19(24)20-9-10-6-11(22(25)26)4-5-14(10)23/h4-8,21,23H,9H2,1-3H3,(H,20,24). The van der Waals surface area contributed by atoms with E-state index in [1.807, 2.05) is 0 Å². The van der Waals surface area contributed by atoms with Gasteiger partial charge in [-0.05, 0) is 12.1 Å². The first-order valence-electron chi connectivity index (χ1n) is 8.45. The predicted octanol–water partition coefficient (Wildman–Crippen LogP) is 2.74. The molecule has 0 aliphatic heterocycles. The molecule has 152 valence electrons. The summed E-state index contributed by atoms with van der Waals surface area (Å²) in [7, 11) is 4.47. The van der Waals surface area contributed by atoms with Gasteiger partial charge in [0.1, 0.15) is 17.2 Å². The molecule has 0 bridgehead atoms. The molecule has 10 nitrogen and oxygen atoms in total. The largest absolute Gasteiger partial charge is 0.508 e. The molecule has 0 spiro atoms. The molecule has 10 heteroatoms. The van der Waals surface area contributed by atoms with E-state index in [0.29, 0.717) is 28.2 Å². The van der Waals surface area contributed by atoms with Crippen molar-refractivity contribution in [2.45, 2.75) is 6.54 Å². The number of ether oxygens (including phenoxy) is 3. The zero-order valence-electron chi connectivity index (χ0n) is 15.9. The van der Waals surface area contributed by atoms with Crippen LogP contribution in [-0.2, 0) is 6.54 Å². The zero-order valence-corrected chi connectivity index (χ0v) is 15.9. The number of non-ortho nitro benzene ring substituents is 1. The molecule has 0 saturated heterocycles. The summed E-state index contributed by atoms with van der Waals surface area (Å²) in [4.78, 5) is 25.9. The maximum absolute atomic E-state index is 12.6. The predicted molar refractivity (Wildman–Crippen MR) is 104 cm³/mol. The fourth-order valence-corrected chi connectivity index (χ4v) is 2.96. The summed E-state index contributed by atoms with van der Waals surface area (Å²) in [5.74, 6) is 0.714. The normalized spacial score (nSPS) is 10.6. The fraction of sp³-hybridized carbons (Fsp3) is 0.211. The Balaban J connectivity index is 1.90. The first-order valence-corrected chi connectivity index (χ1v) is 8.45. The Bertz CT molecular complexity index is 1090. The van der Waals surface area contributed by atoms with E-state index in [9.17, 15) is 20.0 Å². The summed E-state index contributed by atoms with van der Waals surface area (Å²) in [5, 5.41) is 24.0. The van der Waals surface area contributed by atoms with Crippen molar-refractivity contribution in [1.82, 2.24) is 10.3 Å². The number of methoxy groups -OCH3 is 3. The van der Waals surface area contributed by atoms with Gasteiger partial charge < -0.3 is 29.6 Å². The van der Waals surface area contributed by atoms with Gasteiger partial charge in [0.25, 0.3) is 11.6 Å². The highest BCUT2D eigenvalue weighted by atomic mass is 16.6. The lowest BCUT2D eigenvalue weighted by Gasteiger charge is -2.11. The average molecular weight is 401 g/mol. The number of benzene rings is 2. The van der Waals surface area contributed by atoms with Gasteiger partial charge in [0.2, 0.25) is 0 Å². The number of nitro benzene ring substituents is 1. The van der Waals surface area contributed by atoms with Crippen molar-refractivity contribution >= 4 is 22.5 Å². The van der Waals surface area contributed by atoms with E-state index >= 15 is 0 Å². The Morgan fingerprint density at radius 3 is 2.48 bits per heavy atom. The summed E-state index contributed by atoms with van der Waals surface area (Å²) in [5.41, 5.74) is 0.779. The van der Waals surface area contributed by atoms with Crippen molar-refractivity contribution in [3.63, 3.8) is 0 Å². The van der Waals surface area contributed by atoms with Gasteiger partial charge in [-0.15, -0.1) is 0 Å². The van der Waals surface area contributed by atoms with Gasteiger partial charge in [0.05, 0.1) is 31.8 Å². The number of rotatable bonds is 7. The van der Waals surface area contributed by atoms with E-state index < -0.39 is 10.8 Å². The number of nitrogens with zero attached hydrogens (tertiary/aromatic N) is 1. The molecule has 29 heavy (non-hydrogen) atoms. The minimum Gasteiger partial charge on any atom is -0.508 e. The Hall–Kier alpha value is -3.95. The van der Waals surface area contributed by atoms with Gasteiger partial charge in [-0.1, -0.05) is 0 Å². The van der Waals surface area contributed by atoms with E-state index in [1.165, 1.54) is 39.5 Å². The minimum absolute atomic E-state index is 0.0979. The smallest absolute Gasteiger partial charge is 0.270 e. The molecule has 0 aliphatic carbocycles. The topological polar surface area (TPSA) is 136 Å². The number of phenolic OH excluding ortho intramolecular Hbond substituents is 1. The number of amides is 1. The molecule has 3 rings (SSSR count). The number of hydrogen-bond acceptors (Lipinski definition) is 7. The summed E-state index contributed by atoms with van der Waals surface area (Å²) < 4.78 is 16.0. The van der Waals surface area contributed by atoms with Crippen LogP contribution in [0.1, 0.15) is 16.1 Å². The molecule has 3 aromatic rings. The number of fused-ring (bicyclic) bond motifs is 1. The Morgan fingerprint density at radius 1 is 1.14 bits per heavy atom. The van der Waals surface area contributed by atoms with Crippen LogP contribution in [0.3, 0.4) is 0 Å². The van der Waals surface area contributed by atoms with Crippen LogP contribution in [-0.4, -0.2) is 42.3 Å². The quantitative estimate of drug-likeness (QED) is 0.409. The van der Waals surface area contributed by atoms with E-state index in [1.54, 1.807) is 12.1 Å². The van der Waals surface area contributed by atoms with Crippen molar-refractivity contribution in [3.8, 4) is 23.0 Å². The Kier molecular flexibility index (Phi) is 5.44. The van der Waals surface area contributed by atoms with Crippen LogP contribution in [0, 0.1) is 10.1 Å². The molecule has 1 heterocycles. The van der Waals surface area contributed by atoms with Crippen molar-refractivity contribution in [2.75, 3.05) is 21.3 Å². The second-order valence-electron chi connectivity index (χ2n) is 6.04. The number of aromatic amines is 1. The number of carbonyl (C=O) groups excluding carboxylic acids is 1. The molecule has 0 aliphatic rings. The molecule has 0 saturated carbocycles. The lowest BCUT2D eigenvalue weighted by atomic mass is 10.1. The average Bonchev–Trinajstić information content (AvgIpc) is 3.16. The van der Waals surface area contributed by atoms with E-state index in [-0.39, 0.29) is 29.2 Å². The van der Waals surface area contributed by atoms with Crippen molar-refractivity contribution < 1.29 is 29.0 Å². The molecule has 0 fully saturated rings. The third-order valence-corrected chi connectivity index (χ3v) is 4.40. The SMILES string of the molecule is COc1cc(OC)c2cc(C(=O)NCc3cc([N+](=O)[O-])ccc3O)[nH]c2c1OC. The van der Waals surface area contributed by atoms with Gasteiger partial charge in [0, 0.05) is 35.7 Å². The highest BCUT2D eigenvalue weighted by Crippen LogP contribution is 2.41. The van der Waals surface area contributed by atoms with Gasteiger partial charge in [-0.2, -0.15) is 0 Å². The maximum Gasteiger partial charge on any atom is 0.270 e. The number of aromatic hydroxyl groups is 1. The molecule has 2 aromatic carbocycles. The van der Waals surface area contributed by atoms with Crippen LogP contribution in [0.15, 0.2) is 30.3 Å². The summed E-state index contributed by atoms with van der Waals surface area (Å²) in [6.07, 6.45) is 0. The zero-order chi connectivity index (χ0) is 21.1. The number of hydrogen-bond donors (Lipinski definition) is 3. The van der Waals surface area contributed by atoms with Crippen LogP contribution in [0.5, 0.6) is 23.0 Å². The van der Waals surface area contributed by atoms with Crippen molar-refractivity contribution in [1.29, 1.82) is 0 Å². The molecule has 0 unspecified atom stereocenters. The highest BCUT2D eigenvalue weighted by molar-refractivity contribution is 6.02. The lowest BCUT2D eigenvalue weighted by molar-refractivity contribution is -0.384. The summed E-state index contributed by atoms with van der Waals surface area (Å²) >= 11 is 0. The Labute approximate surface area is 165 Å². The second-order valence-corrected chi connectivity index (χ2v) is 6.04. The highest BCUT2D eigenvalue weighted by Gasteiger charge is 2.20. The van der Waals surface area contributed by atoms with Gasteiger partial charge in [-0.3, -0.25) is 14.9 Å². The number of nitrogens with one attached hydrogen (secondary N) is 2. The molecule has 1 aromatic heterocycles. The van der Waals surface area contributed by atoms with E-state index in [0.717, 1.165) is 0 Å². The maximum atomic E-state index is 12.6. The van der Waals surface area contributed by atoms with Crippen molar-refractivity contribution in [2.24, 2.45) is 0 Å². The van der Waals surface area contributed by atoms with Crippen LogP contribution in [0.2, 0.25) is 0 Å². The molecule has 1 amide bonds. The number of phenols is 1. The number of H-pyrrole nitrogens is 1. The van der Waals surface area contributed by atoms with Crippen LogP contribution < -0.4 is 19.5 Å². The number of carbonyl (C=O) groups is 1. The number of aromatic nitrogens is 1. The second kappa shape index (κ2) is 7.97. The fourth-order valence-electron chi connectivity index (χ4n) is 2.96. The third-order valence-electron chi connectivity index (χ3n) is 4.40. The minimum atomic E-state index is -0.575. The van der Waals surface area contributed by atoms with Crippen molar-refractivity contribution in [3.05, 3.63) is 51.7 Å². The molecular formula is C19H19N3O7. The first kappa shape index (κ1) is 19.8. The Morgan fingerprint density at radius 2 is 1.86 bits per heavy atom.